The minimum absolute atomic E-state index is 0.285. The van der Waals surface area contributed by atoms with E-state index in [1.807, 2.05) is 19.0 Å². The summed E-state index contributed by atoms with van der Waals surface area (Å²) in [5.74, 6) is -0.285. The number of anilines is 1. The molecule has 0 fully saturated rings. The molecular weight excluding hydrogens is 272 g/mol. The van der Waals surface area contributed by atoms with Gasteiger partial charge in [0, 0.05) is 35.4 Å². The van der Waals surface area contributed by atoms with Gasteiger partial charge in [-0.15, -0.1) is 0 Å². The van der Waals surface area contributed by atoms with Crippen LogP contribution in [0.15, 0.2) is 36.4 Å². The van der Waals surface area contributed by atoms with Crippen LogP contribution in [0.1, 0.15) is 0 Å². The Hall–Kier alpha value is -1.25. The van der Waals surface area contributed by atoms with E-state index >= 15 is 0 Å². The number of halogens is 3. The average Bonchev–Trinajstić information content (AvgIpc) is 2.27. The molecule has 2 aromatic rings. The first-order valence-corrected chi connectivity index (χ1v) is 6.16. The van der Waals surface area contributed by atoms with E-state index in [0.717, 1.165) is 16.8 Å². The first-order chi connectivity index (χ1) is 8.47. The molecule has 0 aliphatic heterocycles. The second-order valence-corrected chi connectivity index (χ2v) is 5.09. The molecule has 18 heavy (non-hydrogen) atoms. The van der Waals surface area contributed by atoms with E-state index in [2.05, 4.69) is 0 Å². The predicted molar refractivity (Wildman–Crippen MR) is 76.2 cm³/mol. The van der Waals surface area contributed by atoms with Crippen LogP contribution in [0.2, 0.25) is 10.0 Å². The van der Waals surface area contributed by atoms with Crippen LogP contribution >= 0.6 is 23.2 Å². The highest BCUT2D eigenvalue weighted by atomic mass is 35.5. The van der Waals surface area contributed by atoms with Gasteiger partial charge in [-0.1, -0.05) is 23.2 Å². The number of benzene rings is 2. The molecule has 0 spiro atoms. The van der Waals surface area contributed by atoms with Crippen molar-refractivity contribution in [2.45, 2.75) is 0 Å². The van der Waals surface area contributed by atoms with Gasteiger partial charge in [0.25, 0.3) is 0 Å². The Morgan fingerprint density at radius 1 is 0.944 bits per heavy atom. The van der Waals surface area contributed by atoms with Gasteiger partial charge in [-0.25, -0.2) is 4.39 Å². The first-order valence-electron chi connectivity index (χ1n) is 5.41. The molecule has 1 nitrogen and oxygen atoms in total. The van der Waals surface area contributed by atoms with Crippen molar-refractivity contribution in [3.8, 4) is 11.1 Å². The highest BCUT2D eigenvalue weighted by molar-refractivity contribution is 6.35. The molecule has 0 aliphatic rings. The molecule has 94 valence electrons. The van der Waals surface area contributed by atoms with E-state index in [4.69, 9.17) is 23.2 Å². The fourth-order valence-corrected chi connectivity index (χ4v) is 2.36. The van der Waals surface area contributed by atoms with E-state index in [9.17, 15) is 4.39 Å². The quantitative estimate of drug-likeness (QED) is 0.760. The Labute approximate surface area is 116 Å². The van der Waals surface area contributed by atoms with Crippen LogP contribution in [-0.4, -0.2) is 14.1 Å². The molecule has 4 heteroatoms. The van der Waals surface area contributed by atoms with E-state index in [0.29, 0.717) is 10.0 Å². The van der Waals surface area contributed by atoms with Crippen LogP contribution in [0.4, 0.5) is 10.1 Å². The fraction of sp³-hybridized carbons (Fsp3) is 0.143. The summed E-state index contributed by atoms with van der Waals surface area (Å²) in [6.07, 6.45) is 0. The molecule has 2 rings (SSSR count). The van der Waals surface area contributed by atoms with Crippen LogP contribution < -0.4 is 4.90 Å². The molecule has 0 bridgehead atoms. The summed E-state index contributed by atoms with van der Waals surface area (Å²) in [7, 11) is 3.81. The number of rotatable bonds is 2. The largest absolute Gasteiger partial charge is 0.377 e. The van der Waals surface area contributed by atoms with E-state index in [1.165, 1.54) is 12.1 Å². The lowest BCUT2D eigenvalue weighted by Gasteiger charge is -2.18. The van der Waals surface area contributed by atoms with Gasteiger partial charge in [-0.2, -0.15) is 0 Å². The van der Waals surface area contributed by atoms with Gasteiger partial charge in [0.1, 0.15) is 5.82 Å². The smallest absolute Gasteiger partial charge is 0.123 e. The zero-order valence-electron chi connectivity index (χ0n) is 10.0. The van der Waals surface area contributed by atoms with Crippen molar-refractivity contribution in [1.82, 2.24) is 0 Å². The van der Waals surface area contributed by atoms with Crippen LogP contribution in [-0.2, 0) is 0 Å². The van der Waals surface area contributed by atoms with Crippen molar-refractivity contribution >= 4 is 28.9 Å². The van der Waals surface area contributed by atoms with Gasteiger partial charge < -0.3 is 4.90 Å². The monoisotopic (exact) mass is 283 g/mol. The molecule has 0 radical (unpaired) electrons. The van der Waals surface area contributed by atoms with Crippen molar-refractivity contribution < 1.29 is 4.39 Å². The maximum atomic E-state index is 13.4. The molecule has 0 aliphatic carbocycles. The molecule has 0 saturated heterocycles. The summed E-state index contributed by atoms with van der Waals surface area (Å²) >= 11 is 12.0. The third-order valence-corrected chi connectivity index (χ3v) is 3.05. The molecule has 2 aromatic carbocycles. The average molecular weight is 284 g/mol. The molecule has 0 amide bonds. The Morgan fingerprint density at radius 3 is 2.11 bits per heavy atom. The Morgan fingerprint density at radius 2 is 1.56 bits per heavy atom. The SMILES string of the molecule is CN(C)c1ccc(F)cc1-c1cc(Cl)cc(Cl)c1. The molecule has 0 aromatic heterocycles. The topological polar surface area (TPSA) is 3.24 Å². The molecular formula is C14H12Cl2FN. The lowest BCUT2D eigenvalue weighted by atomic mass is 10.0. The van der Waals surface area contributed by atoms with Crippen molar-refractivity contribution in [1.29, 1.82) is 0 Å². The van der Waals surface area contributed by atoms with Gasteiger partial charge in [-0.05, 0) is 42.0 Å². The van der Waals surface area contributed by atoms with Gasteiger partial charge in [-0.3, -0.25) is 0 Å². The highest BCUT2D eigenvalue weighted by Crippen LogP contribution is 2.33. The van der Waals surface area contributed by atoms with Crippen LogP contribution in [0, 0.1) is 5.82 Å². The van der Waals surface area contributed by atoms with Crippen molar-refractivity contribution in [3.05, 3.63) is 52.3 Å². The summed E-state index contributed by atoms with van der Waals surface area (Å²) in [5, 5.41) is 1.07. The summed E-state index contributed by atoms with van der Waals surface area (Å²) in [6, 6.07) is 9.85. The lowest BCUT2D eigenvalue weighted by molar-refractivity contribution is 0.628. The Bertz CT molecular complexity index is 562. The predicted octanol–water partition coefficient (Wildman–Crippen LogP) is 4.87. The van der Waals surface area contributed by atoms with Gasteiger partial charge in [0.05, 0.1) is 0 Å². The molecule has 0 unspecified atom stereocenters. The summed E-state index contributed by atoms with van der Waals surface area (Å²) < 4.78 is 13.4. The second kappa shape index (κ2) is 5.17. The van der Waals surface area contributed by atoms with Crippen molar-refractivity contribution in [3.63, 3.8) is 0 Å². The second-order valence-electron chi connectivity index (χ2n) is 4.21. The highest BCUT2D eigenvalue weighted by Gasteiger charge is 2.10. The Balaban J connectivity index is 2.65. The third-order valence-electron chi connectivity index (χ3n) is 2.61. The standard InChI is InChI=1S/C14H12Cl2FN/c1-18(2)14-4-3-12(17)8-13(14)9-5-10(15)7-11(16)6-9/h3-8H,1-2H3. The normalized spacial score (nSPS) is 10.5. The van der Waals surface area contributed by atoms with E-state index < -0.39 is 0 Å². The zero-order valence-corrected chi connectivity index (χ0v) is 11.6. The third kappa shape index (κ3) is 2.77. The fourth-order valence-electron chi connectivity index (χ4n) is 1.84. The maximum Gasteiger partial charge on any atom is 0.123 e. The molecule has 0 heterocycles. The summed E-state index contributed by atoms with van der Waals surface area (Å²) in [6.45, 7) is 0. The summed E-state index contributed by atoms with van der Waals surface area (Å²) in [5.41, 5.74) is 2.48. The number of hydrogen-bond acceptors (Lipinski definition) is 1. The van der Waals surface area contributed by atoms with Crippen LogP contribution in [0.25, 0.3) is 11.1 Å². The minimum atomic E-state index is -0.285. The first kappa shape index (κ1) is 13.2. The number of nitrogens with zero attached hydrogens (tertiary/aromatic N) is 1. The summed E-state index contributed by atoms with van der Waals surface area (Å²) in [4.78, 5) is 1.92. The minimum Gasteiger partial charge on any atom is -0.377 e. The molecule has 0 saturated carbocycles. The van der Waals surface area contributed by atoms with Gasteiger partial charge in [0.15, 0.2) is 0 Å². The maximum absolute atomic E-state index is 13.4. The van der Waals surface area contributed by atoms with Gasteiger partial charge >= 0.3 is 0 Å². The Kier molecular flexibility index (Phi) is 3.79. The van der Waals surface area contributed by atoms with Crippen LogP contribution in [0.5, 0.6) is 0 Å². The van der Waals surface area contributed by atoms with Crippen LogP contribution in [0.3, 0.4) is 0 Å². The zero-order chi connectivity index (χ0) is 13.3. The van der Waals surface area contributed by atoms with E-state index in [1.54, 1.807) is 24.3 Å². The molecule has 0 atom stereocenters. The van der Waals surface area contributed by atoms with Crippen molar-refractivity contribution in [2.24, 2.45) is 0 Å². The van der Waals surface area contributed by atoms with Crippen molar-refractivity contribution in [2.75, 3.05) is 19.0 Å². The van der Waals surface area contributed by atoms with Gasteiger partial charge in [0.2, 0.25) is 0 Å². The molecule has 0 N–H and O–H groups in total. The number of hydrogen-bond donors (Lipinski definition) is 0. The lowest BCUT2D eigenvalue weighted by Crippen LogP contribution is -2.10. The van der Waals surface area contributed by atoms with E-state index in [-0.39, 0.29) is 5.82 Å².